The van der Waals surface area contributed by atoms with E-state index in [4.69, 9.17) is 11.6 Å². The first-order valence-electron chi connectivity index (χ1n) is 4.39. The third kappa shape index (κ3) is 2.01. The molecule has 0 bridgehead atoms. The molecule has 1 aromatic carbocycles. The second-order valence-electron chi connectivity index (χ2n) is 3.39. The number of halogens is 2. The van der Waals surface area contributed by atoms with Crippen molar-refractivity contribution in [2.45, 2.75) is 11.8 Å². The first-order chi connectivity index (χ1) is 7.38. The van der Waals surface area contributed by atoms with Crippen molar-refractivity contribution in [2.24, 2.45) is 0 Å². The fourth-order valence-electron chi connectivity index (χ4n) is 1.39. The van der Waals surface area contributed by atoms with Crippen molar-refractivity contribution in [1.29, 1.82) is 0 Å². The Morgan fingerprint density at radius 1 is 1.31 bits per heavy atom. The summed E-state index contributed by atoms with van der Waals surface area (Å²) in [4.78, 5) is 3.67. The van der Waals surface area contributed by atoms with Gasteiger partial charge in [0.25, 0.3) is 0 Å². The molecule has 16 heavy (non-hydrogen) atoms. The van der Waals surface area contributed by atoms with Crippen molar-refractivity contribution in [3.63, 3.8) is 0 Å². The summed E-state index contributed by atoms with van der Waals surface area (Å²) in [6.45, 7) is 1.74. The van der Waals surface area contributed by atoms with Gasteiger partial charge in [-0.05, 0) is 36.8 Å². The molecule has 0 atom stereocenters. The van der Waals surface area contributed by atoms with Crippen LogP contribution in [0, 0.1) is 6.92 Å². The van der Waals surface area contributed by atoms with Gasteiger partial charge in [0.2, 0.25) is 0 Å². The predicted molar refractivity (Wildman–Crippen MR) is 59.8 cm³/mol. The van der Waals surface area contributed by atoms with E-state index in [1.807, 2.05) is 0 Å². The van der Waals surface area contributed by atoms with Crippen LogP contribution < -0.4 is 0 Å². The van der Waals surface area contributed by atoms with Crippen LogP contribution in [0.15, 0.2) is 29.2 Å². The number of pyridine rings is 1. The summed E-state index contributed by atoms with van der Waals surface area (Å²) >= 11 is 5.81. The molecule has 0 aliphatic heterocycles. The van der Waals surface area contributed by atoms with Crippen molar-refractivity contribution in [2.75, 3.05) is 0 Å². The van der Waals surface area contributed by atoms with E-state index < -0.39 is 10.2 Å². The molecule has 0 radical (unpaired) electrons. The number of rotatable bonds is 1. The van der Waals surface area contributed by atoms with Gasteiger partial charge in [-0.1, -0.05) is 11.6 Å². The van der Waals surface area contributed by atoms with Crippen LogP contribution in [-0.2, 0) is 10.2 Å². The Morgan fingerprint density at radius 2 is 2.00 bits per heavy atom. The SMILES string of the molecule is Cc1cc2cc(S(=O)(=O)F)ccc2nc1Cl. The maximum atomic E-state index is 12.8. The number of fused-ring (bicyclic) bond motifs is 1. The molecule has 1 aromatic heterocycles. The van der Waals surface area contributed by atoms with Gasteiger partial charge in [-0.2, -0.15) is 8.42 Å². The average molecular weight is 260 g/mol. The molecule has 84 valence electrons. The van der Waals surface area contributed by atoms with Gasteiger partial charge < -0.3 is 0 Å². The van der Waals surface area contributed by atoms with Crippen molar-refractivity contribution < 1.29 is 12.3 Å². The molecule has 2 aromatic rings. The highest BCUT2D eigenvalue weighted by atomic mass is 35.5. The summed E-state index contributed by atoms with van der Waals surface area (Å²) < 4.78 is 34.2. The number of benzene rings is 1. The third-order valence-electron chi connectivity index (χ3n) is 2.20. The first kappa shape index (κ1) is 11.3. The molecule has 0 N–H and O–H groups in total. The summed E-state index contributed by atoms with van der Waals surface area (Å²) in [7, 11) is -4.68. The molecular weight excluding hydrogens is 253 g/mol. The summed E-state index contributed by atoms with van der Waals surface area (Å²) in [5.74, 6) is 0. The second kappa shape index (κ2) is 3.68. The van der Waals surface area contributed by atoms with Crippen LogP contribution in [0.1, 0.15) is 5.56 Å². The highest BCUT2D eigenvalue weighted by molar-refractivity contribution is 7.86. The summed E-state index contributed by atoms with van der Waals surface area (Å²) in [5.41, 5.74) is 1.24. The number of aromatic nitrogens is 1. The lowest BCUT2D eigenvalue weighted by Gasteiger charge is -2.02. The minimum absolute atomic E-state index is 0.350. The van der Waals surface area contributed by atoms with E-state index in [2.05, 4.69) is 4.98 Å². The van der Waals surface area contributed by atoms with Gasteiger partial charge in [-0.3, -0.25) is 0 Å². The van der Waals surface area contributed by atoms with E-state index in [1.165, 1.54) is 12.1 Å². The lowest BCUT2D eigenvalue weighted by atomic mass is 10.2. The quantitative estimate of drug-likeness (QED) is 0.584. The summed E-state index contributed by atoms with van der Waals surface area (Å²) in [6, 6.07) is 5.49. The van der Waals surface area contributed by atoms with Crippen molar-refractivity contribution in [3.05, 3.63) is 35.0 Å². The highest BCUT2D eigenvalue weighted by Crippen LogP contribution is 2.23. The van der Waals surface area contributed by atoms with Crippen LogP contribution in [0.3, 0.4) is 0 Å². The number of nitrogens with zero attached hydrogens (tertiary/aromatic N) is 1. The van der Waals surface area contributed by atoms with Crippen molar-refractivity contribution in [1.82, 2.24) is 4.98 Å². The van der Waals surface area contributed by atoms with E-state index >= 15 is 0 Å². The zero-order valence-corrected chi connectivity index (χ0v) is 9.81. The lowest BCUT2D eigenvalue weighted by molar-refractivity contribution is 0.552. The fraction of sp³-hybridized carbons (Fsp3) is 0.100. The van der Waals surface area contributed by atoms with Crippen LogP contribution in [0.2, 0.25) is 5.15 Å². The second-order valence-corrected chi connectivity index (χ2v) is 5.09. The average Bonchev–Trinajstić information content (AvgIpc) is 2.17. The minimum atomic E-state index is -4.68. The van der Waals surface area contributed by atoms with Gasteiger partial charge >= 0.3 is 10.2 Å². The van der Waals surface area contributed by atoms with Gasteiger partial charge in [-0.15, -0.1) is 3.89 Å². The smallest absolute Gasteiger partial charge is 0.236 e. The van der Waals surface area contributed by atoms with Crippen molar-refractivity contribution in [3.8, 4) is 0 Å². The summed E-state index contributed by atoms with van der Waals surface area (Å²) in [6.07, 6.45) is 0. The Morgan fingerprint density at radius 3 is 2.62 bits per heavy atom. The van der Waals surface area contributed by atoms with Crippen LogP contribution in [-0.4, -0.2) is 13.4 Å². The topological polar surface area (TPSA) is 47.0 Å². The zero-order valence-electron chi connectivity index (χ0n) is 8.24. The molecule has 0 fully saturated rings. The number of hydrogen-bond acceptors (Lipinski definition) is 3. The lowest BCUT2D eigenvalue weighted by Crippen LogP contribution is -1.92. The van der Waals surface area contributed by atoms with Gasteiger partial charge in [0.15, 0.2) is 0 Å². The molecule has 0 aliphatic rings. The number of aryl methyl sites for hydroxylation is 1. The molecule has 0 spiro atoms. The zero-order chi connectivity index (χ0) is 11.9. The van der Waals surface area contributed by atoms with E-state index in [0.717, 1.165) is 6.07 Å². The molecule has 1 heterocycles. The van der Waals surface area contributed by atoms with Gasteiger partial charge in [0.1, 0.15) is 5.15 Å². The molecule has 0 unspecified atom stereocenters. The Labute approximate surface area is 97.1 Å². The van der Waals surface area contributed by atoms with Crippen LogP contribution in [0.4, 0.5) is 3.89 Å². The predicted octanol–water partition coefficient (Wildman–Crippen LogP) is 2.85. The molecule has 0 saturated heterocycles. The summed E-state index contributed by atoms with van der Waals surface area (Å²) in [5, 5.41) is 0.893. The Kier molecular flexibility index (Phi) is 2.59. The molecule has 3 nitrogen and oxygen atoms in total. The fourth-order valence-corrected chi connectivity index (χ4v) is 2.03. The largest absolute Gasteiger partial charge is 0.332 e. The van der Waals surface area contributed by atoms with Crippen LogP contribution in [0.5, 0.6) is 0 Å². The van der Waals surface area contributed by atoms with Crippen LogP contribution >= 0.6 is 11.6 Å². The molecular formula is C10H7ClFNO2S. The van der Waals surface area contributed by atoms with E-state index in [-0.39, 0.29) is 4.90 Å². The maximum Gasteiger partial charge on any atom is 0.332 e. The Hall–Kier alpha value is -1.20. The van der Waals surface area contributed by atoms with Crippen molar-refractivity contribution >= 4 is 32.7 Å². The van der Waals surface area contributed by atoms with Gasteiger partial charge in [0.05, 0.1) is 10.4 Å². The standard InChI is InChI=1S/C10H7ClFNO2S/c1-6-4-7-5-8(16(12,14)15)2-3-9(7)13-10(6)11/h2-5H,1H3. The molecule has 0 aliphatic carbocycles. The maximum absolute atomic E-state index is 12.8. The van der Waals surface area contributed by atoms with Gasteiger partial charge in [0, 0.05) is 5.39 Å². The first-order valence-corrected chi connectivity index (χ1v) is 6.15. The van der Waals surface area contributed by atoms with E-state index in [1.54, 1.807) is 13.0 Å². The Bertz CT molecular complexity index is 670. The van der Waals surface area contributed by atoms with Crippen LogP contribution in [0.25, 0.3) is 10.9 Å². The molecule has 6 heteroatoms. The normalized spacial score (nSPS) is 11.9. The highest BCUT2D eigenvalue weighted by Gasteiger charge is 2.12. The van der Waals surface area contributed by atoms with E-state index in [0.29, 0.717) is 21.6 Å². The number of hydrogen-bond donors (Lipinski definition) is 0. The van der Waals surface area contributed by atoms with Gasteiger partial charge in [-0.25, -0.2) is 4.98 Å². The Balaban J connectivity index is 2.77. The van der Waals surface area contributed by atoms with E-state index in [9.17, 15) is 12.3 Å². The monoisotopic (exact) mass is 259 g/mol. The minimum Gasteiger partial charge on any atom is -0.236 e. The molecule has 0 saturated carbocycles. The molecule has 2 rings (SSSR count). The third-order valence-corrected chi connectivity index (χ3v) is 3.40. The molecule has 0 amide bonds.